The molecule has 2 aromatic rings. The monoisotopic (exact) mass is 243 g/mol. The van der Waals surface area contributed by atoms with Crippen molar-refractivity contribution < 1.29 is 14.2 Å². The Bertz CT molecular complexity index is 632. The smallest absolute Gasteiger partial charge is 0.126 e. The number of hydrogen-bond acceptors (Lipinski definition) is 3. The van der Waals surface area contributed by atoms with Crippen molar-refractivity contribution in [2.75, 3.05) is 7.11 Å². The number of phenols is 1. The minimum Gasteiger partial charge on any atom is -0.507 e. The lowest BCUT2D eigenvalue weighted by molar-refractivity contribution is 0.415. The topological polar surface area (TPSA) is 53.2 Å². The van der Waals surface area contributed by atoms with Crippen LogP contribution in [0.3, 0.4) is 0 Å². The number of halogens is 1. The van der Waals surface area contributed by atoms with Gasteiger partial charge in [0.2, 0.25) is 0 Å². The highest BCUT2D eigenvalue weighted by atomic mass is 19.1. The summed E-state index contributed by atoms with van der Waals surface area (Å²) in [6.45, 7) is 0. The highest BCUT2D eigenvalue weighted by Crippen LogP contribution is 2.36. The first kappa shape index (κ1) is 11.9. The second-order valence-corrected chi connectivity index (χ2v) is 3.69. The Morgan fingerprint density at radius 2 is 1.94 bits per heavy atom. The van der Waals surface area contributed by atoms with Gasteiger partial charge in [-0.2, -0.15) is 5.26 Å². The van der Waals surface area contributed by atoms with Crippen LogP contribution in [0.1, 0.15) is 5.56 Å². The standard InChI is InChI=1S/C14H10FNO2/c1-18-14-5-2-9(8-16)6-12(14)11-7-10(15)3-4-13(11)17/h2-7,17H,1H3. The van der Waals surface area contributed by atoms with Gasteiger partial charge in [-0.05, 0) is 36.4 Å². The van der Waals surface area contributed by atoms with Crippen molar-refractivity contribution in [2.45, 2.75) is 0 Å². The summed E-state index contributed by atoms with van der Waals surface area (Å²) in [5.74, 6) is -0.0631. The fraction of sp³-hybridized carbons (Fsp3) is 0.0714. The molecule has 0 aromatic heterocycles. The van der Waals surface area contributed by atoms with Gasteiger partial charge < -0.3 is 9.84 Å². The summed E-state index contributed by atoms with van der Waals surface area (Å²) in [5.41, 5.74) is 1.19. The molecule has 0 fully saturated rings. The highest BCUT2D eigenvalue weighted by molar-refractivity contribution is 5.76. The van der Waals surface area contributed by atoms with Crippen molar-refractivity contribution in [1.29, 1.82) is 5.26 Å². The van der Waals surface area contributed by atoms with Crippen LogP contribution in [0.4, 0.5) is 4.39 Å². The van der Waals surface area contributed by atoms with Crippen molar-refractivity contribution in [3.63, 3.8) is 0 Å². The molecular weight excluding hydrogens is 233 g/mol. The predicted molar refractivity (Wildman–Crippen MR) is 64.8 cm³/mol. The van der Waals surface area contributed by atoms with Crippen LogP contribution in [-0.2, 0) is 0 Å². The SMILES string of the molecule is COc1ccc(C#N)cc1-c1cc(F)ccc1O. The van der Waals surface area contributed by atoms with E-state index in [9.17, 15) is 9.50 Å². The summed E-state index contributed by atoms with van der Waals surface area (Å²) >= 11 is 0. The molecular formula is C14H10FNO2. The largest absolute Gasteiger partial charge is 0.507 e. The van der Waals surface area contributed by atoms with Gasteiger partial charge in [-0.25, -0.2) is 4.39 Å². The lowest BCUT2D eigenvalue weighted by Crippen LogP contribution is -1.90. The molecule has 0 aliphatic rings. The minimum absolute atomic E-state index is 0.0650. The third-order valence-corrected chi connectivity index (χ3v) is 2.58. The van der Waals surface area contributed by atoms with E-state index in [1.165, 1.54) is 25.3 Å². The molecule has 0 radical (unpaired) electrons. The molecule has 0 amide bonds. The maximum atomic E-state index is 13.2. The van der Waals surface area contributed by atoms with Gasteiger partial charge in [0.25, 0.3) is 0 Å². The zero-order chi connectivity index (χ0) is 13.1. The first-order chi connectivity index (χ1) is 8.65. The maximum absolute atomic E-state index is 13.2. The summed E-state index contributed by atoms with van der Waals surface area (Å²) < 4.78 is 18.4. The third-order valence-electron chi connectivity index (χ3n) is 2.58. The molecule has 0 bridgehead atoms. The molecule has 0 aliphatic carbocycles. The molecule has 0 saturated heterocycles. The van der Waals surface area contributed by atoms with Gasteiger partial charge in [0.1, 0.15) is 17.3 Å². The van der Waals surface area contributed by atoms with E-state index in [2.05, 4.69) is 0 Å². The van der Waals surface area contributed by atoms with Crippen molar-refractivity contribution in [2.24, 2.45) is 0 Å². The van der Waals surface area contributed by atoms with Gasteiger partial charge in [-0.15, -0.1) is 0 Å². The van der Waals surface area contributed by atoms with Crippen molar-refractivity contribution >= 4 is 0 Å². The van der Waals surface area contributed by atoms with Crippen LogP contribution >= 0.6 is 0 Å². The molecule has 2 aromatic carbocycles. The molecule has 0 unspecified atom stereocenters. The van der Waals surface area contributed by atoms with Crippen molar-refractivity contribution in [3.8, 4) is 28.7 Å². The van der Waals surface area contributed by atoms with Gasteiger partial charge in [0.05, 0.1) is 18.7 Å². The van der Waals surface area contributed by atoms with E-state index < -0.39 is 5.82 Å². The average molecular weight is 243 g/mol. The predicted octanol–water partition coefficient (Wildman–Crippen LogP) is 3.08. The molecule has 4 heteroatoms. The Kier molecular flexibility index (Phi) is 3.16. The Morgan fingerprint density at radius 1 is 1.17 bits per heavy atom. The zero-order valence-corrected chi connectivity index (χ0v) is 9.64. The fourth-order valence-electron chi connectivity index (χ4n) is 1.71. The number of methoxy groups -OCH3 is 1. The number of nitrogens with zero attached hydrogens (tertiary/aromatic N) is 1. The van der Waals surface area contributed by atoms with E-state index in [1.54, 1.807) is 18.2 Å². The van der Waals surface area contributed by atoms with E-state index in [0.717, 1.165) is 0 Å². The minimum atomic E-state index is -0.466. The summed E-state index contributed by atoms with van der Waals surface area (Å²) in [7, 11) is 1.47. The first-order valence-electron chi connectivity index (χ1n) is 5.22. The van der Waals surface area contributed by atoms with Crippen molar-refractivity contribution in [3.05, 3.63) is 47.8 Å². The molecule has 0 aliphatic heterocycles. The Balaban J connectivity index is 2.69. The second kappa shape index (κ2) is 4.76. The second-order valence-electron chi connectivity index (χ2n) is 3.69. The van der Waals surface area contributed by atoms with Crippen LogP contribution in [0.25, 0.3) is 11.1 Å². The molecule has 3 nitrogen and oxygen atoms in total. The molecule has 0 saturated carbocycles. The zero-order valence-electron chi connectivity index (χ0n) is 9.64. The number of ether oxygens (including phenoxy) is 1. The lowest BCUT2D eigenvalue weighted by Gasteiger charge is -2.10. The van der Waals surface area contributed by atoms with Gasteiger partial charge in [-0.1, -0.05) is 0 Å². The summed E-state index contributed by atoms with van der Waals surface area (Å²) in [4.78, 5) is 0. The maximum Gasteiger partial charge on any atom is 0.126 e. The van der Waals surface area contributed by atoms with Crippen LogP contribution < -0.4 is 4.74 Å². The first-order valence-corrected chi connectivity index (χ1v) is 5.22. The van der Waals surface area contributed by atoms with Crippen LogP contribution in [0.2, 0.25) is 0 Å². The highest BCUT2D eigenvalue weighted by Gasteiger charge is 2.12. The van der Waals surface area contributed by atoms with E-state index in [4.69, 9.17) is 10.00 Å². The molecule has 0 spiro atoms. The third kappa shape index (κ3) is 2.11. The summed E-state index contributed by atoms with van der Waals surface area (Å²) in [5, 5.41) is 18.6. The number of hydrogen-bond donors (Lipinski definition) is 1. The van der Waals surface area contributed by atoms with Crippen LogP contribution in [0.5, 0.6) is 11.5 Å². The van der Waals surface area contributed by atoms with Gasteiger partial charge in [0.15, 0.2) is 0 Å². The fourth-order valence-corrected chi connectivity index (χ4v) is 1.71. The normalized spacial score (nSPS) is 9.83. The Hall–Kier alpha value is -2.54. The van der Waals surface area contributed by atoms with Crippen LogP contribution in [0, 0.1) is 17.1 Å². The number of nitriles is 1. The molecule has 0 atom stereocenters. The number of benzene rings is 2. The van der Waals surface area contributed by atoms with Crippen LogP contribution in [0.15, 0.2) is 36.4 Å². The van der Waals surface area contributed by atoms with Gasteiger partial charge in [-0.3, -0.25) is 0 Å². The van der Waals surface area contributed by atoms with Crippen LogP contribution in [-0.4, -0.2) is 12.2 Å². The molecule has 90 valence electrons. The van der Waals surface area contributed by atoms with E-state index in [1.807, 2.05) is 6.07 Å². The average Bonchev–Trinajstić information content (AvgIpc) is 2.40. The van der Waals surface area contributed by atoms with Gasteiger partial charge in [0, 0.05) is 11.1 Å². The van der Waals surface area contributed by atoms with E-state index in [0.29, 0.717) is 22.4 Å². The lowest BCUT2D eigenvalue weighted by atomic mass is 10.0. The van der Waals surface area contributed by atoms with Gasteiger partial charge >= 0.3 is 0 Å². The number of rotatable bonds is 2. The summed E-state index contributed by atoms with van der Waals surface area (Å²) in [6, 6.07) is 10.4. The number of phenolic OH excluding ortho intramolecular Hbond substituents is 1. The van der Waals surface area contributed by atoms with E-state index >= 15 is 0 Å². The molecule has 18 heavy (non-hydrogen) atoms. The summed E-state index contributed by atoms with van der Waals surface area (Å²) in [6.07, 6.45) is 0. The Morgan fingerprint density at radius 3 is 2.61 bits per heavy atom. The molecule has 0 heterocycles. The number of aromatic hydroxyl groups is 1. The van der Waals surface area contributed by atoms with E-state index in [-0.39, 0.29) is 5.75 Å². The van der Waals surface area contributed by atoms with Crippen molar-refractivity contribution in [1.82, 2.24) is 0 Å². The molecule has 1 N–H and O–H groups in total. The Labute approximate surface area is 104 Å². The molecule has 2 rings (SSSR count). The quantitative estimate of drug-likeness (QED) is 0.881.